The minimum absolute atomic E-state index is 0.0748. The van der Waals surface area contributed by atoms with E-state index in [1.807, 2.05) is 45.4 Å². The van der Waals surface area contributed by atoms with Crippen LogP contribution in [0.3, 0.4) is 0 Å². The van der Waals surface area contributed by atoms with Crippen molar-refractivity contribution in [3.05, 3.63) is 41.0 Å². The van der Waals surface area contributed by atoms with Gasteiger partial charge >= 0.3 is 0 Å². The van der Waals surface area contributed by atoms with Crippen LogP contribution >= 0.6 is 11.6 Å². The van der Waals surface area contributed by atoms with E-state index >= 15 is 0 Å². The van der Waals surface area contributed by atoms with Gasteiger partial charge in [-0.25, -0.2) is 0 Å². The smallest absolute Gasteiger partial charge is 0.226 e. The molecule has 0 aliphatic rings. The largest absolute Gasteiger partial charge is 0.383 e. The molecule has 0 bridgehead atoms. The van der Waals surface area contributed by atoms with Crippen LogP contribution in [0.25, 0.3) is 11.0 Å². The molecule has 3 N–H and O–H groups in total. The van der Waals surface area contributed by atoms with Gasteiger partial charge in [0, 0.05) is 18.6 Å². The zero-order valence-electron chi connectivity index (χ0n) is 13.9. The number of rotatable bonds is 5. The van der Waals surface area contributed by atoms with Crippen molar-refractivity contribution >= 4 is 34.4 Å². The van der Waals surface area contributed by atoms with E-state index in [0.717, 1.165) is 16.0 Å². The highest BCUT2D eigenvalue weighted by atomic mass is 35.5. The summed E-state index contributed by atoms with van der Waals surface area (Å²) in [5.41, 5.74) is 7.74. The third-order valence-electron chi connectivity index (χ3n) is 3.96. The number of halogens is 1. The minimum atomic E-state index is 0.0748. The van der Waals surface area contributed by atoms with Gasteiger partial charge < -0.3 is 16.0 Å². The van der Waals surface area contributed by atoms with Gasteiger partial charge in [-0.15, -0.1) is 0 Å². The van der Waals surface area contributed by atoms with Gasteiger partial charge in [0.25, 0.3) is 0 Å². The standard InChI is InChI=1S/C16H20ClN7/c1-23(2)13(10-6-4-5-7-12(10)17)9-19-16-21-14(18)11-8-20-24(3)15(11)22-16/h4-8,13H,9H2,1-3H3,(H3,18,19,21,22). The first-order valence-electron chi connectivity index (χ1n) is 7.57. The van der Waals surface area contributed by atoms with E-state index in [4.69, 9.17) is 17.3 Å². The van der Waals surface area contributed by atoms with Crippen LogP contribution < -0.4 is 11.1 Å². The van der Waals surface area contributed by atoms with Gasteiger partial charge in [0.05, 0.1) is 17.6 Å². The van der Waals surface area contributed by atoms with Crippen LogP contribution in [-0.4, -0.2) is 45.3 Å². The Kier molecular flexibility index (Phi) is 4.55. The van der Waals surface area contributed by atoms with E-state index in [2.05, 4.69) is 25.3 Å². The molecule has 0 fully saturated rings. The number of nitrogens with zero attached hydrogens (tertiary/aromatic N) is 5. The van der Waals surface area contributed by atoms with E-state index < -0.39 is 0 Å². The summed E-state index contributed by atoms with van der Waals surface area (Å²) in [6, 6.07) is 7.89. The summed E-state index contributed by atoms with van der Waals surface area (Å²) in [6.45, 7) is 0.597. The average Bonchev–Trinajstić information content (AvgIpc) is 2.91. The third-order valence-corrected chi connectivity index (χ3v) is 4.31. The third kappa shape index (κ3) is 3.13. The molecule has 2 aromatic heterocycles. The summed E-state index contributed by atoms with van der Waals surface area (Å²) in [7, 11) is 5.84. The molecule has 1 unspecified atom stereocenters. The second kappa shape index (κ2) is 6.62. The Balaban J connectivity index is 1.85. The predicted octanol–water partition coefficient (Wildman–Crippen LogP) is 2.31. The van der Waals surface area contributed by atoms with Crippen LogP contribution in [0.4, 0.5) is 11.8 Å². The average molecular weight is 346 g/mol. The number of aromatic nitrogens is 4. The lowest BCUT2D eigenvalue weighted by Crippen LogP contribution is -2.27. The maximum atomic E-state index is 6.34. The molecule has 3 rings (SSSR count). The van der Waals surface area contributed by atoms with E-state index in [9.17, 15) is 0 Å². The Hall–Kier alpha value is -2.38. The van der Waals surface area contributed by atoms with Crippen molar-refractivity contribution in [1.82, 2.24) is 24.6 Å². The Bertz CT molecular complexity index is 859. The van der Waals surface area contributed by atoms with Crippen LogP contribution in [0.15, 0.2) is 30.5 Å². The van der Waals surface area contributed by atoms with E-state index in [0.29, 0.717) is 24.0 Å². The molecular formula is C16H20ClN7. The number of fused-ring (bicyclic) bond motifs is 1. The molecule has 0 aliphatic heterocycles. The molecule has 0 amide bonds. The molecule has 0 saturated heterocycles. The van der Waals surface area contributed by atoms with Crippen LogP contribution in [0, 0.1) is 0 Å². The molecular weight excluding hydrogens is 326 g/mol. The van der Waals surface area contributed by atoms with Crippen LogP contribution in [0.1, 0.15) is 11.6 Å². The lowest BCUT2D eigenvalue weighted by molar-refractivity contribution is 0.311. The first-order valence-corrected chi connectivity index (χ1v) is 7.95. The summed E-state index contributed by atoms with van der Waals surface area (Å²) in [6.07, 6.45) is 1.67. The van der Waals surface area contributed by atoms with Crippen LogP contribution in [0.2, 0.25) is 5.02 Å². The molecule has 7 nitrogen and oxygen atoms in total. The fraction of sp³-hybridized carbons (Fsp3) is 0.312. The number of aryl methyl sites for hydroxylation is 1. The molecule has 0 radical (unpaired) electrons. The quantitative estimate of drug-likeness (QED) is 0.738. The molecule has 126 valence electrons. The van der Waals surface area contributed by atoms with Gasteiger partial charge in [-0.05, 0) is 25.7 Å². The molecule has 8 heteroatoms. The lowest BCUT2D eigenvalue weighted by Gasteiger charge is -2.26. The molecule has 24 heavy (non-hydrogen) atoms. The molecule has 3 aromatic rings. The highest BCUT2D eigenvalue weighted by Gasteiger charge is 2.18. The molecule has 0 spiro atoms. The van der Waals surface area contributed by atoms with Crippen molar-refractivity contribution < 1.29 is 0 Å². The van der Waals surface area contributed by atoms with Gasteiger partial charge in [0.15, 0.2) is 5.65 Å². The molecule has 1 atom stereocenters. The van der Waals surface area contributed by atoms with Crippen molar-refractivity contribution in [2.24, 2.45) is 7.05 Å². The lowest BCUT2D eigenvalue weighted by atomic mass is 10.1. The summed E-state index contributed by atoms with van der Waals surface area (Å²) >= 11 is 6.34. The fourth-order valence-electron chi connectivity index (χ4n) is 2.63. The van der Waals surface area contributed by atoms with E-state index in [-0.39, 0.29) is 6.04 Å². The maximum Gasteiger partial charge on any atom is 0.226 e. The number of hydrogen-bond acceptors (Lipinski definition) is 6. The normalized spacial score (nSPS) is 12.7. The topological polar surface area (TPSA) is 84.9 Å². The zero-order chi connectivity index (χ0) is 17.3. The monoisotopic (exact) mass is 345 g/mol. The number of likely N-dealkylation sites (N-methyl/N-ethyl adjacent to an activating group) is 1. The van der Waals surface area contributed by atoms with Crippen molar-refractivity contribution in [3.8, 4) is 0 Å². The highest BCUT2D eigenvalue weighted by Crippen LogP contribution is 2.26. The first kappa shape index (κ1) is 16.5. The Morgan fingerprint density at radius 1 is 1.29 bits per heavy atom. The zero-order valence-corrected chi connectivity index (χ0v) is 14.6. The molecule has 0 aliphatic carbocycles. The number of nitrogen functional groups attached to an aromatic ring is 1. The van der Waals surface area contributed by atoms with Gasteiger partial charge in [-0.3, -0.25) is 4.68 Å². The summed E-state index contributed by atoms with van der Waals surface area (Å²) in [5.74, 6) is 0.886. The van der Waals surface area contributed by atoms with Crippen molar-refractivity contribution in [1.29, 1.82) is 0 Å². The number of nitrogens with one attached hydrogen (secondary N) is 1. The number of anilines is 2. The summed E-state index contributed by atoms with van der Waals surface area (Å²) < 4.78 is 1.68. The highest BCUT2D eigenvalue weighted by molar-refractivity contribution is 6.31. The van der Waals surface area contributed by atoms with Gasteiger partial charge in [-0.1, -0.05) is 29.8 Å². The maximum absolute atomic E-state index is 6.34. The van der Waals surface area contributed by atoms with Crippen molar-refractivity contribution in [3.63, 3.8) is 0 Å². The molecule has 1 aromatic carbocycles. The van der Waals surface area contributed by atoms with Crippen LogP contribution in [-0.2, 0) is 7.05 Å². The van der Waals surface area contributed by atoms with E-state index in [1.165, 1.54) is 0 Å². The number of nitrogens with two attached hydrogens (primary N) is 1. The Morgan fingerprint density at radius 2 is 2.04 bits per heavy atom. The molecule has 0 saturated carbocycles. The predicted molar refractivity (Wildman–Crippen MR) is 97.1 cm³/mol. The minimum Gasteiger partial charge on any atom is -0.383 e. The second-order valence-corrected chi connectivity index (χ2v) is 6.23. The second-order valence-electron chi connectivity index (χ2n) is 5.82. The van der Waals surface area contributed by atoms with Crippen molar-refractivity contribution in [2.75, 3.05) is 31.7 Å². The van der Waals surface area contributed by atoms with Gasteiger partial charge in [0.1, 0.15) is 5.82 Å². The van der Waals surface area contributed by atoms with Crippen LogP contribution in [0.5, 0.6) is 0 Å². The van der Waals surface area contributed by atoms with Gasteiger partial charge in [0.2, 0.25) is 5.95 Å². The Labute approximate surface area is 145 Å². The van der Waals surface area contributed by atoms with Crippen molar-refractivity contribution in [2.45, 2.75) is 6.04 Å². The molecule has 2 heterocycles. The summed E-state index contributed by atoms with van der Waals surface area (Å²) in [4.78, 5) is 10.9. The SMILES string of the molecule is CN(C)C(CNc1nc(N)c2cnn(C)c2n1)c1ccccc1Cl. The number of hydrogen-bond donors (Lipinski definition) is 2. The van der Waals surface area contributed by atoms with Gasteiger partial charge in [-0.2, -0.15) is 15.1 Å². The fourth-order valence-corrected chi connectivity index (χ4v) is 2.89. The van der Waals surface area contributed by atoms with E-state index in [1.54, 1.807) is 10.9 Å². The number of benzene rings is 1. The summed E-state index contributed by atoms with van der Waals surface area (Å²) in [5, 5.41) is 8.90. The first-order chi connectivity index (χ1) is 11.5. The Morgan fingerprint density at radius 3 is 2.75 bits per heavy atom.